The van der Waals surface area contributed by atoms with Gasteiger partial charge in [0.1, 0.15) is 5.82 Å². The molecule has 0 bridgehead atoms. The average Bonchev–Trinajstić information content (AvgIpc) is 2.64. The van der Waals surface area contributed by atoms with Crippen molar-refractivity contribution in [2.45, 2.75) is 51.4 Å². The summed E-state index contributed by atoms with van der Waals surface area (Å²) in [5.74, 6) is -8.52. The second kappa shape index (κ2) is 7.95. The van der Waals surface area contributed by atoms with Crippen LogP contribution in [0.15, 0.2) is 18.2 Å². The fourth-order valence-electron chi connectivity index (χ4n) is 4.05. The van der Waals surface area contributed by atoms with E-state index in [-0.39, 0.29) is 11.5 Å². The molecule has 1 aliphatic carbocycles. The minimum absolute atomic E-state index is 0.0493. The van der Waals surface area contributed by atoms with Crippen molar-refractivity contribution in [3.05, 3.63) is 58.7 Å². The van der Waals surface area contributed by atoms with Gasteiger partial charge in [0.15, 0.2) is 29.1 Å². The Kier molecular flexibility index (Phi) is 5.82. The van der Waals surface area contributed by atoms with Gasteiger partial charge in [-0.1, -0.05) is 19.8 Å². The lowest BCUT2D eigenvalue weighted by molar-refractivity contribution is 0.302. The van der Waals surface area contributed by atoms with Crippen molar-refractivity contribution in [1.29, 1.82) is 0 Å². The maximum absolute atomic E-state index is 14.6. The number of rotatable bonds is 4. The van der Waals surface area contributed by atoms with Crippen LogP contribution >= 0.6 is 0 Å². The first-order chi connectivity index (χ1) is 12.8. The highest BCUT2D eigenvalue weighted by atomic mass is 19.2. The first kappa shape index (κ1) is 19.8. The van der Waals surface area contributed by atoms with Gasteiger partial charge in [-0.15, -0.1) is 0 Å². The standard InChI is InChI=1S/C21H20F6/c1-2-3-11-4-6-12(7-5-11)14-10-15(22)18(21(27)19(14)25)13-8-16(23)20(26)17(24)9-13/h8-12H,2-7H2,1H3. The van der Waals surface area contributed by atoms with Crippen molar-refractivity contribution in [1.82, 2.24) is 0 Å². The molecule has 2 aromatic rings. The molecule has 1 fully saturated rings. The molecule has 146 valence electrons. The van der Waals surface area contributed by atoms with Crippen molar-refractivity contribution >= 4 is 0 Å². The lowest BCUT2D eigenvalue weighted by Gasteiger charge is -2.29. The van der Waals surface area contributed by atoms with E-state index in [0.717, 1.165) is 31.7 Å². The Morgan fingerprint density at radius 3 is 1.89 bits per heavy atom. The monoisotopic (exact) mass is 386 g/mol. The van der Waals surface area contributed by atoms with Crippen LogP contribution in [0.5, 0.6) is 0 Å². The lowest BCUT2D eigenvalue weighted by Crippen LogP contribution is -2.15. The van der Waals surface area contributed by atoms with Crippen molar-refractivity contribution in [2.75, 3.05) is 0 Å². The van der Waals surface area contributed by atoms with Crippen LogP contribution in [0.4, 0.5) is 26.3 Å². The van der Waals surface area contributed by atoms with E-state index in [0.29, 0.717) is 30.9 Å². The Balaban J connectivity index is 1.96. The summed E-state index contributed by atoms with van der Waals surface area (Å²) in [5.41, 5.74) is -1.53. The molecule has 0 unspecified atom stereocenters. The normalized spacial score (nSPS) is 20.1. The van der Waals surface area contributed by atoms with Gasteiger partial charge in [-0.2, -0.15) is 0 Å². The Morgan fingerprint density at radius 1 is 0.741 bits per heavy atom. The van der Waals surface area contributed by atoms with Crippen LogP contribution in [-0.4, -0.2) is 0 Å². The third-order valence-corrected chi connectivity index (χ3v) is 5.44. The van der Waals surface area contributed by atoms with Gasteiger partial charge in [0, 0.05) is 0 Å². The van der Waals surface area contributed by atoms with E-state index in [1.54, 1.807) is 0 Å². The van der Waals surface area contributed by atoms with E-state index >= 15 is 0 Å². The molecule has 0 atom stereocenters. The highest BCUT2D eigenvalue weighted by molar-refractivity contribution is 5.66. The van der Waals surface area contributed by atoms with Crippen molar-refractivity contribution < 1.29 is 26.3 Å². The smallest absolute Gasteiger partial charge is 0.194 e. The molecule has 0 N–H and O–H groups in total. The van der Waals surface area contributed by atoms with Gasteiger partial charge in [0.2, 0.25) is 0 Å². The van der Waals surface area contributed by atoms with Crippen LogP contribution < -0.4 is 0 Å². The van der Waals surface area contributed by atoms with Gasteiger partial charge < -0.3 is 0 Å². The average molecular weight is 386 g/mol. The Labute approximate surface area is 154 Å². The van der Waals surface area contributed by atoms with E-state index in [2.05, 4.69) is 6.92 Å². The van der Waals surface area contributed by atoms with E-state index in [1.807, 2.05) is 0 Å². The van der Waals surface area contributed by atoms with Gasteiger partial charge in [-0.3, -0.25) is 0 Å². The fourth-order valence-corrected chi connectivity index (χ4v) is 4.05. The van der Waals surface area contributed by atoms with E-state index in [4.69, 9.17) is 0 Å². The van der Waals surface area contributed by atoms with Gasteiger partial charge in [0.05, 0.1) is 5.56 Å². The van der Waals surface area contributed by atoms with Gasteiger partial charge in [-0.05, 0) is 66.8 Å². The molecular weight excluding hydrogens is 366 g/mol. The number of halogens is 6. The zero-order valence-electron chi connectivity index (χ0n) is 14.9. The summed E-state index contributed by atoms with van der Waals surface area (Å²) in [4.78, 5) is 0. The van der Waals surface area contributed by atoms with E-state index in [9.17, 15) is 26.3 Å². The number of hydrogen-bond donors (Lipinski definition) is 0. The minimum Gasteiger partial charge on any atom is -0.206 e. The maximum Gasteiger partial charge on any atom is 0.194 e. The van der Waals surface area contributed by atoms with Crippen LogP contribution in [-0.2, 0) is 0 Å². The summed E-state index contributed by atoms with van der Waals surface area (Å²) < 4.78 is 83.7. The summed E-state index contributed by atoms with van der Waals surface area (Å²) in [6.45, 7) is 2.09. The van der Waals surface area contributed by atoms with Crippen molar-refractivity contribution in [3.8, 4) is 11.1 Å². The van der Waals surface area contributed by atoms with Crippen LogP contribution in [0, 0.1) is 40.8 Å². The highest BCUT2D eigenvalue weighted by Crippen LogP contribution is 2.41. The van der Waals surface area contributed by atoms with Crippen LogP contribution in [0.25, 0.3) is 11.1 Å². The van der Waals surface area contributed by atoms with Gasteiger partial charge in [-0.25, -0.2) is 26.3 Å². The Morgan fingerprint density at radius 2 is 1.33 bits per heavy atom. The Bertz CT molecular complexity index is 814. The van der Waals surface area contributed by atoms with Gasteiger partial charge in [0.25, 0.3) is 0 Å². The second-order valence-corrected chi connectivity index (χ2v) is 7.21. The fraction of sp³-hybridized carbons (Fsp3) is 0.429. The maximum atomic E-state index is 14.6. The molecule has 0 nitrogen and oxygen atoms in total. The van der Waals surface area contributed by atoms with Crippen LogP contribution in [0.3, 0.4) is 0 Å². The summed E-state index contributed by atoms with van der Waals surface area (Å²) in [6.07, 6.45) is 5.17. The Hall–Kier alpha value is -1.98. The molecule has 1 aliphatic rings. The summed E-state index contributed by atoms with van der Waals surface area (Å²) in [6, 6.07) is 1.81. The number of hydrogen-bond acceptors (Lipinski definition) is 0. The predicted octanol–water partition coefficient (Wildman–Crippen LogP) is 7.26. The zero-order valence-corrected chi connectivity index (χ0v) is 14.9. The topological polar surface area (TPSA) is 0 Å². The van der Waals surface area contributed by atoms with Crippen molar-refractivity contribution in [3.63, 3.8) is 0 Å². The molecule has 0 saturated heterocycles. The molecule has 0 amide bonds. The first-order valence-electron chi connectivity index (χ1n) is 9.15. The molecule has 3 rings (SSSR count). The predicted molar refractivity (Wildman–Crippen MR) is 91.2 cm³/mol. The minimum atomic E-state index is -1.75. The molecule has 2 aromatic carbocycles. The highest BCUT2D eigenvalue weighted by Gasteiger charge is 2.29. The zero-order chi connectivity index (χ0) is 19.7. The van der Waals surface area contributed by atoms with E-state index < -0.39 is 46.0 Å². The third-order valence-electron chi connectivity index (χ3n) is 5.44. The molecule has 27 heavy (non-hydrogen) atoms. The third kappa shape index (κ3) is 3.85. The molecule has 0 heterocycles. The first-order valence-corrected chi connectivity index (χ1v) is 9.15. The lowest BCUT2D eigenvalue weighted by atomic mass is 9.77. The molecule has 0 aromatic heterocycles. The summed E-state index contributed by atoms with van der Waals surface area (Å²) in [5, 5.41) is 0. The SMILES string of the molecule is CCCC1CCC(c2cc(F)c(-c3cc(F)c(F)c(F)c3)c(F)c2F)CC1. The summed E-state index contributed by atoms with van der Waals surface area (Å²) >= 11 is 0. The van der Waals surface area contributed by atoms with Crippen LogP contribution in [0.1, 0.15) is 56.9 Å². The molecule has 0 aliphatic heterocycles. The molecule has 0 spiro atoms. The number of benzene rings is 2. The molecule has 6 heteroatoms. The second-order valence-electron chi connectivity index (χ2n) is 7.21. The molecular formula is C21H20F6. The largest absolute Gasteiger partial charge is 0.206 e. The summed E-state index contributed by atoms with van der Waals surface area (Å²) in [7, 11) is 0. The molecule has 1 saturated carbocycles. The quantitative estimate of drug-likeness (QED) is 0.295. The van der Waals surface area contributed by atoms with Gasteiger partial charge >= 0.3 is 0 Å². The molecule has 0 radical (unpaired) electrons. The van der Waals surface area contributed by atoms with E-state index in [1.165, 1.54) is 0 Å². The van der Waals surface area contributed by atoms with Crippen LogP contribution in [0.2, 0.25) is 0 Å². The van der Waals surface area contributed by atoms with Crippen molar-refractivity contribution in [2.24, 2.45) is 5.92 Å².